The first-order valence-electron chi connectivity index (χ1n) is 27.4. The maximum absolute atomic E-state index is 11.9. The average molecular weight is 1240 g/mol. The van der Waals surface area contributed by atoms with Gasteiger partial charge in [0, 0.05) is 79.9 Å². The minimum Gasteiger partial charge on any atom is -0.481 e. The van der Waals surface area contributed by atoms with E-state index >= 15 is 0 Å². The molecule has 0 fully saturated rings. The lowest BCUT2D eigenvalue weighted by Crippen LogP contribution is -2.30. The number of nitrogens with one attached hydrogen (secondary N) is 2. The van der Waals surface area contributed by atoms with E-state index in [-0.39, 0.29) is 121 Å². The van der Waals surface area contributed by atoms with Gasteiger partial charge in [-0.3, -0.25) is 24.0 Å². The van der Waals surface area contributed by atoms with Crippen molar-refractivity contribution in [2.75, 3.05) is 139 Å². The Balaban J connectivity index is -0.000000553. The van der Waals surface area contributed by atoms with Crippen LogP contribution in [0.15, 0.2) is 0 Å². The third kappa shape index (κ3) is 57.0. The van der Waals surface area contributed by atoms with E-state index in [9.17, 15) is 24.0 Å². The van der Waals surface area contributed by atoms with Crippen molar-refractivity contribution in [3.8, 4) is 0 Å². The molecule has 0 spiro atoms. The van der Waals surface area contributed by atoms with Gasteiger partial charge in [-0.05, 0) is 57.8 Å². The average Bonchev–Trinajstić information content (AvgIpc) is 3.47. The van der Waals surface area contributed by atoms with Gasteiger partial charge in [0.25, 0.3) is 0 Å². The highest BCUT2D eigenvalue weighted by Crippen LogP contribution is 2.09. The molecule has 0 rings (SSSR count). The summed E-state index contributed by atoms with van der Waals surface area (Å²) in [5, 5.41) is 67.4. The molecule has 28 heteroatoms. The van der Waals surface area contributed by atoms with Gasteiger partial charge in [0.05, 0.1) is 95.8 Å². The number of alkyl halides is 1. The number of esters is 2. The summed E-state index contributed by atoms with van der Waals surface area (Å²) < 4.78 is 67.5. The fourth-order valence-corrected chi connectivity index (χ4v) is 5.74. The van der Waals surface area contributed by atoms with Crippen molar-refractivity contribution in [3.63, 3.8) is 0 Å². The van der Waals surface area contributed by atoms with Crippen LogP contribution in [-0.2, 0) is 85.6 Å². The van der Waals surface area contributed by atoms with E-state index in [2.05, 4.69) is 26.6 Å². The summed E-state index contributed by atoms with van der Waals surface area (Å²) in [5.41, 5.74) is 0. The Hall–Kier alpha value is -2.85. The molecule has 0 aromatic heterocycles. The Morgan fingerprint density at radius 2 is 0.800 bits per heavy atom. The van der Waals surface area contributed by atoms with Crippen LogP contribution in [0.5, 0.6) is 0 Å². The predicted molar refractivity (Wildman–Crippen MR) is 294 cm³/mol. The molecule has 2 amide bonds. The van der Waals surface area contributed by atoms with Crippen LogP contribution in [0.4, 0.5) is 0 Å². The standard InChI is InChI=1S/C24H45BrN2O10.C12H22O7.C9H20O4.C7H16O4/c1-3-20(18-28)37-24(32-2)19-36-23(31)8-4-7-21(29)26-9-5-11-33-13-15-35-16-14-34-12-6-10-27-22(30)17-25;1-3-9(7-13)19-12(17-2)8-18-11(16)6-4-5-10(14)15;1-3-5-12-9(7-11)13-8(4-2)6-10;1-3-6(4-8)11-7(5-9)10-2/h20,24,28H,3-19H2,1-2H3,(H,26,29)(H,27,30);9,12-13H,3-8H2,1-2H3,(H,14,15);8-11H,3-7H2,1-2H3;6-9H,3-5H2,1-2H3. The Morgan fingerprint density at radius 1 is 0.438 bits per heavy atom. The first kappa shape index (κ1) is 83.6. The Morgan fingerprint density at radius 3 is 1.14 bits per heavy atom. The van der Waals surface area contributed by atoms with Crippen LogP contribution >= 0.6 is 15.9 Å². The van der Waals surface area contributed by atoms with Crippen LogP contribution in [0.1, 0.15) is 118 Å². The number of methoxy groups -OCH3 is 3. The molecule has 0 aromatic carbocycles. The number of carboxylic acids is 1. The Labute approximate surface area is 482 Å². The second-order valence-corrected chi connectivity index (χ2v) is 17.5. The van der Waals surface area contributed by atoms with E-state index in [0.29, 0.717) is 103 Å². The lowest BCUT2D eigenvalue weighted by Gasteiger charge is -2.21. The number of ether oxygens (including phenoxy) is 13. The molecule has 0 aliphatic rings. The highest BCUT2D eigenvalue weighted by molar-refractivity contribution is 9.09. The van der Waals surface area contributed by atoms with Gasteiger partial charge in [0.1, 0.15) is 13.2 Å². The number of carbonyl (C=O) groups excluding carboxylic acids is 4. The van der Waals surface area contributed by atoms with Crippen LogP contribution < -0.4 is 10.6 Å². The van der Waals surface area contributed by atoms with Crippen molar-refractivity contribution in [2.24, 2.45) is 0 Å². The fraction of sp³-hybridized carbons (Fsp3) is 0.904. The van der Waals surface area contributed by atoms with Crippen LogP contribution in [0, 0.1) is 0 Å². The largest absolute Gasteiger partial charge is 0.481 e. The Bertz CT molecular complexity index is 1370. The third-order valence-corrected chi connectivity index (χ3v) is 10.9. The molecule has 0 heterocycles. The number of halogens is 1. The van der Waals surface area contributed by atoms with E-state index in [1.54, 1.807) is 0 Å². The zero-order chi connectivity index (χ0) is 61.0. The van der Waals surface area contributed by atoms with Gasteiger partial charge in [-0.1, -0.05) is 50.5 Å². The smallest absolute Gasteiger partial charge is 0.305 e. The summed E-state index contributed by atoms with van der Waals surface area (Å²) in [6, 6.07) is 0. The van der Waals surface area contributed by atoms with E-state index in [0.717, 1.165) is 12.8 Å². The normalized spacial score (nSPS) is 13.9. The van der Waals surface area contributed by atoms with Gasteiger partial charge < -0.3 is 108 Å². The van der Waals surface area contributed by atoms with Crippen LogP contribution in [0.2, 0.25) is 0 Å². The number of aliphatic carboxylic acids is 1. The highest BCUT2D eigenvalue weighted by Gasteiger charge is 2.19. The third-order valence-electron chi connectivity index (χ3n) is 10.4. The zero-order valence-electron chi connectivity index (χ0n) is 48.9. The summed E-state index contributed by atoms with van der Waals surface area (Å²) in [6.07, 6.45) is 1.96. The fourth-order valence-electron chi connectivity index (χ4n) is 5.54. The number of hydrogen-bond acceptors (Lipinski definition) is 24. The molecule has 0 saturated carbocycles. The molecule has 27 nitrogen and oxygen atoms in total. The first-order valence-corrected chi connectivity index (χ1v) is 28.5. The minimum atomic E-state index is -0.945. The summed E-state index contributed by atoms with van der Waals surface area (Å²) in [6.45, 7) is 13.2. The number of aliphatic hydroxyl groups is 6. The topological polar surface area (TPSA) is 371 Å². The van der Waals surface area contributed by atoms with Crippen molar-refractivity contribution in [1.82, 2.24) is 10.6 Å². The molecule has 8 unspecified atom stereocenters. The number of carboxylic acid groups (broad SMARTS) is 1. The number of aliphatic hydroxyl groups excluding tert-OH is 6. The molecule has 0 aliphatic heterocycles. The molecular formula is C52H103BrN2O25. The predicted octanol–water partition coefficient (Wildman–Crippen LogP) is 1.72. The molecule has 0 aliphatic carbocycles. The Kier molecular flexibility index (Phi) is 66.6. The van der Waals surface area contributed by atoms with Crippen molar-refractivity contribution in [2.45, 2.75) is 168 Å². The summed E-state index contributed by atoms with van der Waals surface area (Å²) in [7, 11) is 4.29. The van der Waals surface area contributed by atoms with E-state index in [1.807, 2.05) is 34.6 Å². The maximum Gasteiger partial charge on any atom is 0.305 e. The zero-order valence-corrected chi connectivity index (χ0v) is 50.5. The van der Waals surface area contributed by atoms with Crippen LogP contribution in [-0.4, -0.2) is 254 Å². The van der Waals surface area contributed by atoms with E-state index < -0.39 is 43.1 Å². The molecule has 478 valence electrons. The number of amides is 2. The first-order chi connectivity index (χ1) is 38.5. The second-order valence-electron chi connectivity index (χ2n) is 16.9. The monoisotopic (exact) mass is 1230 g/mol. The molecule has 9 N–H and O–H groups in total. The SMILES string of the molecule is CCC(CO)OC(CO)OC.CCC(CO)OC(COC(=O)CCCC(=O)NCCCOCCOCCOCCCNC(=O)CBr)OC.CCC(CO)OC(COC(=O)CCCC(=O)O)OC.CCCOC(CO)OC(CC)CO. The van der Waals surface area contributed by atoms with Gasteiger partial charge >= 0.3 is 17.9 Å². The number of carbonyl (C=O) groups is 5. The van der Waals surface area contributed by atoms with Gasteiger partial charge in [-0.15, -0.1) is 0 Å². The highest BCUT2D eigenvalue weighted by atomic mass is 79.9. The summed E-state index contributed by atoms with van der Waals surface area (Å²) >= 11 is 3.08. The van der Waals surface area contributed by atoms with Crippen molar-refractivity contribution in [3.05, 3.63) is 0 Å². The maximum atomic E-state index is 11.9. The second kappa shape index (κ2) is 63.7. The molecule has 8 atom stereocenters. The van der Waals surface area contributed by atoms with Gasteiger partial charge in [0.15, 0.2) is 25.2 Å². The number of hydrogen-bond donors (Lipinski definition) is 9. The minimum absolute atomic E-state index is 0.0364. The number of rotatable bonds is 51. The van der Waals surface area contributed by atoms with Crippen molar-refractivity contribution < 1.29 is 121 Å². The van der Waals surface area contributed by atoms with E-state index in [1.165, 1.54) is 21.3 Å². The molecule has 0 saturated heterocycles. The molecule has 0 bridgehead atoms. The van der Waals surface area contributed by atoms with Gasteiger partial charge in [-0.25, -0.2) is 0 Å². The quantitative estimate of drug-likeness (QED) is 0.0181. The van der Waals surface area contributed by atoms with Gasteiger partial charge in [-0.2, -0.15) is 0 Å². The molecule has 80 heavy (non-hydrogen) atoms. The molecule has 0 aromatic rings. The van der Waals surface area contributed by atoms with Crippen LogP contribution in [0.25, 0.3) is 0 Å². The van der Waals surface area contributed by atoms with Crippen molar-refractivity contribution in [1.29, 1.82) is 0 Å². The van der Waals surface area contributed by atoms with Crippen molar-refractivity contribution >= 4 is 45.7 Å². The summed E-state index contributed by atoms with van der Waals surface area (Å²) in [4.78, 5) is 56.3. The van der Waals surface area contributed by atoms with Gasteiger partial charge in [0.2, 0.25) is 11.8 Å². The summed E-state index contributed by atoms with van der Waals surface area (Å²) in [5.74, 6) is -2.05. The van der Waals surface area contributed by atoms with E-state index in [4.69, 9.17) is 97.3 Å². The molecular weight excluding hydrogens is 1130 g/mol. The van der Waals surface area contributed by atoms with Crippen LogP contribution in [0.3, 0.4) is 0 Å². The lowest BCUT2D eigenvalue weighted by molar-refractivity contribution is -0.194. The lowest BCUT2D eigenvalue weighted by atomic mass is 10.2. The molecule has 0 radical (unpaired) electrons.